The van der Waals surface area contributed by atoms with Crippen LogP contribution in [0.1, 0.15) is 12.5 Å². The Morgan fingerprint density at radius 2 is 1.61 bits per heavy atom. The number of methoxy groups -OCH3 is 1. The van der Waals surface area contributed by atoms with E-state index in [2.05, 4.69) is 20.7 Å². The number of carbonyl (C=O) groups is 3. The Morgan fingerprint density at radius 3 is 2.18 bits per heavy atom. The van der Waals surface area contributed by atoms with E-state index in [4.69, 9.17) is 15.9 Å². The van der Waals surface area contributed by atoms with Crippen molar-refractivity contribution < 1.29 is 23.9 Å². The van der Waals surface area contributed by atoms with Crippen LogP contribution in [0.25, 0.3) is 0 Å². The van der Waals surface area contributed by atoms with Crippen LogP contribution in [0.4, 0.5) is 26.7 Å². The fourth-order valence-corrected chi connectivity index (χ4v) is 2.25. The van der Waals surface area contributed by atoms with Crippen LogP contribution in [-0.4, -0.2) is 31.0 Å². The maximum absolute atomic E-state index is 12.3. The molecule has 0 spiro atoms. The molecule has 0 aliphatic rings. The van der Waals surface area contributed by atoms with E-state index in [0.29, 0.717) is 0 Å². The van der Waals surface area contributed by atoms with Crippen molar-refractivity contribution in [1.82, 2.24) is 0 Å². The number of carbonyl (C=O) groups excluding carboxylic acids is 3. The monoisotopic (exact) mass is 385 g/mol. The molecule has 0 aromatic heterocycles. The second-order valence-electron chi connectivity index (χ2n) is 5.45. The molecule has 0 bridgehead atoms. The van der Waals surface area contributed by atoms with Gasteiger partial charge >= 0.3 is 12.2 Å². The lowest BCUT2D eigenvalue weighted by molar-refractivity contribution is -0.114. The lowest BCUT2D eigenvalue weighted by Gasteiger charge is -2.19. The molecular weight excluding hydrogens is 366 g/mol. The molecule has 0 aliphatic heterocycles. The van der Waals surface area contributed by atoms with Crippen LogP contribution in [0.3, 0.4) is 0 Å². The van der Waals surface area contributed by atoms with Crippen LogP contribution in [-0.2, 0) is 9.53 Å². The van der Waals surface area contributed by atoms with Gasteiger partial charge in [-0.05, 0) is 24.3 Å². The van der Waals surface area contributed by atoms with E-state index < -0.39 is 18.1 Å². The number of benzene rings is 2. The summed E-state index contributed by atoms with van der Waals surface area (Å²) in [5.41, 5.74) is 5.82. The van der Waals surface area contributed by atoms with Crippen LogP contribution in [0.5, 0.6) is 5.75 Å². The number of amidine groups is 1. The summed E-state index contributed by atoms with van der Waals surface area (Å²) in [4.78, 5) is 35.6. The van der Waals surface area contributed by atoms with Crippen molar-refractivity contribution in [1.29, 1.82) is 5.41 Å². The first-order chi connectivity index (χ1) is 13.3. The fraction of sp³-hybridized carbons (Fsp3) is 0.111. The summed E-state index contributed by atoms with van der Waals surface area (Å²) in [6.07, 6.45) is -1.68. The van der Waals surface area contributed by atoms with Gasteiger partial charge in [-0.2, -0.15) is 0 Å². The molecule has 0 saturated heterocycles. The standard InChI is InChI=1S/C18H19N5O5/c1-10(24)21-14-12(16(19)20)8-9-13(22-17(25)27-2)15(14)23-18(26)28-11-6-4-3-5-7-11/h3-9H,1-2H3,(H3,19,20)(H,21,24)(H,22,25)(H,23,26). The molecule has 0 heterocycles. The summed E-state index contributed by atoms with van der Waals surface area (Å²) >= 11 is 0. The summed E-state index contributed by atoms with van der Waals surface area (Å²) in [5.74, 6) is -0.545. The van der Waals surface area contributed by atoms with E-state index in [1.807, 2.05) is 0 Å². The Morgan fingerprint density at radius 1 is 0.929 bits per heavy atom. The first kappa shape index (κ1) is 20.2. The normalized spacial score (nSPS) is 9.79. The highest BCUT2D eigenvalue weighted by Crippen LogP contribution is 2.34. The Kier molecular flexibility index (Phi) is 6.53. The van der Waals surface area contributed by atoms with E-state index in [-0.39, 0.29) is 34.2 Å². The molecule has 0 aliphatic carbocycles. The van der Waals surface area contributed by atoms with Crippen molar-refractivity contribution in [3.63, 3.8) is 0 Å². The zero-order chi connectivity index (χ0) is 20.7. The number of nitrogens with one attached hydrogen (secondary N) is 4. The highest BCUT2D eigenvalue weighted by molar-refractivity contribution is 6.12. The SMILES string of the molecule is COC(=O)Nc1ccc(C(=N)N)c(NC(C)=O)c1NC(=O)Oc1ccccc1. The van der Waals surface area contributed by atoms with Crippen LogP contribution >= 0.6 is 0 Å². The van der Waals surface area contributed by atoms with Crippen LogP contribution in [0.2, 0.25) is 0 Å². The van der Waals surface area contributed by atoms with Crippen LogP contribution in [0.15, 0.2) is 42.5 Å². The number of hydrogen-bond donors (Lipinski definition) is 5. The van der Waals surface area contributed by atoms with E-state index in [1.54, 1.807) is 30.3 Å². The van der Waals surface area contributed by atoms with Crippen molar-refractivity contribution >= 4 is 41.0 Å². The summed E-state index contributed by atoms with van der Waals surface area (Å²) < 4.78 is 9.73. The molecule has 10 nitrogen and oxygen atoms in total. The molecule has 0 atom stereocenters. The van der Waals surface area contributed by atoms with E-state index in [1.165, 1.54) is 26.2 Å². The third-order valence-electron chi connectivity index (χ3n) is 3.40. The Labute approximate surface area is 160 Å². The predicted octanol–water partition coefficient (Wildman–Crippen LogP) is 2.72. The van der Waals surface area contributed by atoms with Gasteiger partial charge in [0.2, 0.25) is 5.91 Å². The highest BCUT2D eigenvalue weighted by Gasteiger charge is 2.20. The number of ether oxygens (including phenoxy) is 2. The summed E-state index contributed by atoms with van der Waals surface area (Å²) in [5, 5.41) is 15.1. The van der Waals surface area contributed by atoms with Gasteiger partial charge in [0.05, 0.1) is 24.2 Å². The molecule has 2 rings (SSSR count). The lowest BCUT2D eigenvalue weighted by atomic mass is 10.1. The maximum atomic E-state index is 12.3. The molecule has 0 fully saturated rings. The average Bonchev–Trinajstić information content (AvgIpc) is 2.64. The van der Waals surface area contributed by atoms with Gasteiger partial charge < -0.3 is 20.5 Å². The van der Waals surface area contributed by atoms with Gasteiger partial charge in [-0.1, -0.05) is 18.2 Å². The third kappa shape index (κ3) is 5.21. The molecule has 6 N–H and O–H groups in total. The first-order valence-corrected chi connectivity index (χ1v) is 7.99. The minimum absolute atomic E-state index is 0.0192. The largest absolute Gasteiger partial charge is 0.453 e. The number of amides is 3. The topological polar surface area (TPSA) is 156 Å². The second-order valence-corrected chi connectivity index (χ2v) is 5.45. The Hall–Kier alpha value is -4.08. The van der Waals surface area contributed by atoms with Gasteiger partial charge in [-0.15, -0.1) is 0 Å². The van der Waals surface area contributed by atoms with E-state index in [0.717, 1.165) is 0 Å². The molecule has 0 radical (unpaired) electrons. The summed E-state index contributed by atoms with van der Waals surface area (Å²) in [6.45, 7) is 1.25. The molecule has 146 valence electrons. The van der Waals surface area contributed by atoms with E-state index >= 15 is 0 Å². The van der Waals surface area contributed by atoms with E-state index in [9.17, 15) is 14.4 Å². The molecule has 0 saturated carbocycles. The van der Waals surface area contributed by atoms with Crippen molar-refractivity contribution in [2.45, 2.75) is 6.92 Å². The maximum Gasteiger partial charge on any atom is 0.417 e. The van der Waals surface area contributed by atoms with Gasteiger partial charge in [0, 0.05) is 12.5 Å². The summed E-state index contributed by atoms with van der Waals surface area (Å²) in [6, 6.07) is 11.1. The average molecular weight is 385 g/mol. The van der Waals surface area contributed by atoms with Crippen molar-refractivity contribution in [3.05, 3.63) is 48.0 Å². The smallest absolute Gasteiger partial charge is 0.417 e. The zero-order valence-electron chi connectivity index (χ0n) is 15.2. The number of rotatable bonds is 5. The van der Waals surface area contributed by atoms with Crippen LogP contribution in [0, 0.1) is 5.41 Å². The minimum atomic E-state index is -0.883. The molecule has 2 aromatic rings. The Bertz CT molecular complexity index is 914. The van der Waals surface area contributed by atoms with Crippen molar-refractivity contribution in [2.75, 3.05) is 23.1 Å². The number of para-hydroxylation sites is 1. The van der Waals surface area contributed by atoms with Gasteiger partial charge in [0.25, 0.3) is 0 Å². The number of anilines is 3. The second kappa shape index (κ2) is 9.03. The highest BCUT2D eigenvalue weighted by atomic mass is 16.6. The molecule has 3 amide bonds. The van der Waals surface area contributed by atoms with Gasteiger partial charge in [-0.25, -0.2) is 9.59 Å². The summed E-state index contributed by atoms with van der Waals surface area (Å²) in [7, 11) is 1.17. The van der Waals surface area contributed by atoms with Crippen molar-refractivity contribution in [2.24, 2.45) is 5.73 Å². The number of hydrogen-bond acceptors (Lipinski definition) is 6. The van der Waals surface area contributed by atoms with Gasteiger partial charge in [0.1, 0.15) is 11.6 Å². The lowest BCUT2D eigenvalue weighted by Crippen LogP contribution is -2.23. The molecular formula is C18H19N5O5. The quantitative estimate of drug-likeness (QED) is 0.393. The fourth-order valence-electron chi connectivity index (χ4n) is 2.25. The first-order valence-electron chi connectivity index (χ1n) is 7.99. The molecule has 2 aromatic carbocycles. The van der Waals surface area contributed by atoms with Crippen LogP contribution < -0.4 is 26.4 Å². The predicted molar refractivity (Wildman–Crippen MR) is 104 cm³/mol. The van der Waals surface area contributed by atoms with Crippen molar-refractivity contribution in [3.8, 4) is 5.75 Å². The van der Waals surface area contributed by atoms with Gasteiger partial charge in [-0.3, -0.25) is 20.8 Å². The molecule has 10 heteroatoms. The third-order valence-corrected chi connectivity index (χ3v) is 3.40. The molecule has 28 heavy (non-hydrogen) atoms. The minimum Gasteiger partial charge on any atom is -0.453 e. The Balaban J connectivity index is 2.47. The van der Waals surface area contributed by atoms with Gasteiger partial charge in [0.15, 0.2) is 0 Å². The number of nitrogen functional groups attached to an aromatic ring is 1. The zero-order valence-corrected chi connectivity index (χ0v) is 15.2. The number of nitrogens with two attached hydrogens (primary N) is 1. The molecule has 0 unspecified atom stereocenters.